The van der Waals surface area contributed by atoms with Crippen LogP contribution in [0, 0.1) is 4.77 Å². The van der Waals surface area contributed by atoms with E-state index >= 15 is 0 Å². The summed E-state index contributed by atoms with van der Waals surface area (Å²) in [5.41, 5.74) is 2.24. The lowest BCUT2D eigenvalue weighted by molar-refractivity contribution is 0.102. The van der Waals surface area contributed by atoms with Gasteiger partial charge in [0.25, 0.3) is 11.5 Å². The Kier molecular flexibility index (Phi) is 5.65. The Labute approximate surface area is 182 Å². The summed E-state index contributed by atoms with van der Waals surface area (Å²) in [4.78, 5) is 28.1. The topological polar surface area (TPSA) is 71.8 Å². The Morgan fingerprint density at radius 3 is 2.53 bits per heavy atom. The number of hydrogen-bond acceptors (Lipinski definition) is 3. The minimum atomic E-state index is -0.353. The molecule has 0 spiro atoms. The average Bonchev–Trinajstić information content (AvgIpc) is 3.14. The van der Waals surface area contributed by atoms with E-state index in [1.54, 1.807) is 29.1 Å². The van der Waals surface area contributed by atoms with Crippen LogP contribution in [0.3, 0.4) is 0 Å². The van der Waals surface area contributed by atoms with Crippen LogP contribution < -0.4 is 10.9 Å². The quantitative estimate of drug-likeness (QED) is 0.447. The highest BCUT2D eigenvalue weighted by Crippen LogP contribution is 2.17. The van der Waals surface area contributed by atoms with Crippen molar-refractivity contribution in [1.29, 1.82) is 0 Å². The summed E-state index contributed by atoms with van der Waals surface area (Å²) in [6, 6.07) is 19.7. The number of aromatic nitrogens is 3. The molecule has 0 unspecified atom stereocenters. The zero-order valence-electron chi connectivity index (χ0n) is 15.7. The molecule has 30 heavy (non-hydrogen) atoms. The first-order valence-corrected chi connectivity index (χ1v) is 9.92. The van der Waals surface area contributed by atoms with Crippen molar-refractivity contribution < 1.29 is 4.79 Å². The fraction of sp³-hybridized carbons (Fsp3) is 0.0455. The van der Waals surface area contributed by atoms with Gasteiger partial charge < -0.3 is 14.9 Å². The maximum Gasteiger partial charge on any atom is 0.274 e. The standard InChI is InChI=1S/C22H17ClN4O2S/c23-18-9-5-4-6-15(18)13-26-14-16(10-11-20(26)28)25-21(29)19-12-24-22(30)27(19)17-7-2-1-3-8-17/h1-12,14H,13H2,(H,24,30)(H,25,29). The van der Waals surface area contributed by atoms with Crippen LogP contribution in [-0.2, 0) is 6.54 Å². The number of hydrogen-bond donors (Lipinski definition) is 2. The second-order valence-electron chi connectivity index (χ2n) is 6.58. The van der Waals surface area contributed by atoms with E-state index in [1.165, 1.54) is 10.6 Å². The first kappa shape index (κ1) is 19.9. The predicted octanol–water partition coefficient (Wildman–Crippen LogP) is 4.65. The number of carbonyl (C=O) groups excluding carboxylic acids is 1. The van der Waals surface area contributed by atoms with E-state index in [0.29, 0.717) is 27.7 Å². The fourth-order valence-electron chi connectivity index (χ4n) is 3.10. The number of carbonyl (C=O) groups is 1. The molecule has 8 heteroatoms. The average molecular weight is 437 g/mol. The molecule has 0 aliphatic rings. The van der Waals surface area contributed by atoms with Gasteiger partial charge in [-0.15, -0.1) is 0 Å². The smallest absolute Gasteiger partial charge is 0.274 e. The van der Waals surface area contributed by atoms with Crippen LogP contribution in [0.4, 0.5) is 5.69 Å². The summed E-state index contributed by atoms with van der Waals surface area (Å²) in [6.45, 7) is 0.298. The van der Waals surface area contributed by atoms with Crippen molar-refractivity contribution in [2.75, 3.05) is 5.32 Å². The Balaban J connectivity index is 1.62. The van der Waals surface area contributed by atoms with E-state index in [4.69, 9.17) is 23.8 Å². The van der Waals surface area contributed by atoms with Crippen molar-refractivity contribution >= 4 is 35.4 Å². The number of rotatable bonds is 5. The van der Waals surface area contributed by atoms with Gasteiger partial charge in [0.05, 0.1) is 12.2 Å². The molecule has 150 valence electrons. The number of pyridine rings is 1. The first-order chi connectivity index (χ1) is 14.5. The Morgan fingerprint density at radius 1 is 1.03 bits per heavy atom. The maximum absolute atomic E-state index is 12.9. The molecule has 0 bridgehead atoms. The molecular formula is C22H17ClN4O2S. The molecule has 6 nitrogen and oxygen atoms in total. The van der Waals surface area contributed by atoms with Gasteiger partial charge in [0.2, 0.25) is 0 Å². The Bertz CT molecular complexity index is 1320. The number of nitrogens with zero attached hydrogens (tertiary/aromatic N) is 2. The lowest BCUT2D eigenvalue weighted by Crippen LogP contribution is -2.22. The van der Waals surface area contributed by atoms with Gasteiger partial charge >= 0.3 is 0 Å². The molecule has 0 aliphatic heterocycles. The highest BCUT2D eigenvalue weighted by Gasteiger charge is 2.15. The highest BCUT2D eigenvalue weighted by atomic mass is 35.5. The SMILES string of the molecule is O=C(Nc1ccc(=O)n(Cc2ccccc2Cl)c1)c1c[nH]c(=S)n1-c1ccccc1. The van der Waals surface area contributed by atoms with E-state index in [-0.39, 0.29) is 11.5 Å². The van der Waals surface area contributed by atoms with E-state index in [2.05, 4.69) is 10.3 Å². The van der Waals surface area contributed by atoms with Crippen LogP contribution in [0.25, 0.3) is 5.69 Å². The van der Waals surface area contributed by atoms with Gasteiger partial charge in [-0.2, -0.15) is 0 Å². The van der Waals surface area contributed by atoms with Crippen molar-refractivity contribution in [3.05, 3.63) is 111 Å². The van der Waals surface area contributed by atoms with Crippen molar-refractivity contribution in [2.45, 2.75) is 6.54 Å². The monoisotopic (exact) mass is 436 g/mol. The summed E-state index contributed by atoms with van der Waals surface area (Å²) in [7, 11) is 0. The van der Waals surface area contributed by atoms with Gasteiger partial charge in [-0.05, 0) is 42.0 Å². The summed E-state index contributed by atoms with van der Waals surface area (Å²) in [5, 5.41) is 3.41. The van der Waals surface area contributed by atoms with Crippen LogP contribution in [0.15, 0.2) is 83.9 Å². The van der Waals surface area contributed by atoms with E-state index < -0.39 is 0 Å². The molecule has 4 rings (SSSR count). The molecule has 0 aliphatic carbocycles. The third kappa shape index (κ3) is 4.12. The minimum Gasteiger partial charge on any atom is -0.336 e. The molecule has 0 fully saturated rings. The fourth-order valence-corrected chi connectivity index (χ4v) is 3.56. The molecular weight excluding hydrogens is 420 g/mol. The van der Waals surface area contributed by atoms with Gasteiger partial charge in [-0.25, -0.2) is 0 Å². The zero-order chi connectivity index (χ0) is 21.1. The van der Waals surface area contributed by atoms with Crippen LogP contribution in [0.2, 0.25) is 5.02 Å². The number of aromatic amines is 1. The van der Waals surface area contributed by atoms with E-state index in [9.17, 15) is 9.59 Å². The number of para-hydroxylation sites is 1. The van der Waals surface area contributed by atoms with Crippen LogP contribution >= 0.6 is 23.8 Å². The van der Waals surface area contributed by atoms with Crippen molar-refractivity contribution in [1.82, 2.24) is 14.1 Å². The maximum atomic E-state index is 12.9. The van der Waals surface area contributed by atoms with E-state index in [1.807, 2.05) is 48.5 Å². The lowest BCUT2D eigenvalue weighted by Gasteiger charge is -2.12. The number of benzene rings is 2. The Hall–Kier alpha value is -3.42. The number of anilines is 1. The molecule has 2 N–H and O–H groups in total. The van der Waals surface area contributed by atoms with Crippen molar-refractivity contribution in [2.24, 2.45) is 0 Å². The van der Waals surface area contributed by atoms with Crippen LogP contribution in [0.5, 0.6) is 0 Å². The molecule has 4 aromatic rings. The highest BCUT2D eigenvalue weighted by molar-refractivity contribution is 7.71. The zero-order valence-corrected chi connectivity index (χ0v) is 17.3. The molecule has 0 atom stereocenters. The third-order valence-corrected chi connectivity index (χ3v) is 5.23. The summed E-state index contributed by atoms with van der Waals surface area (Å²) in [5.74, 6) is -0.353. The van der Waals surface area contributed by atoms with Crippen LogP contribution in [0.1, 0.15) is 16.1 Å². The lowest BCUT2D eigenvalue weighted by atomic mass is 10.2. The summed E-state index contributed by atoms with van der Waals surface area (Å²) >= 11 is 11.5. The second-order valence-corrected chi connectivity index (χ2v) is 7.37. The van der Waals surface area contributed by atoms with Crippen LogP contribution in [-0.4, -0.2) is 20.0 Å². The minimum absolute atomic E-state index is 0.193. The largest absolute Gasteiger partial charge is 0.336 e. The van der Waals surface area contributed by atoms with Gasteiger partial charge in [0.15, 0.2) is 4.77 Å². The predicted molar refractivity (Wildman–Crippen MR) is 120 cm³/mol. The third-order valence-electron chi connectivity index (χ3n) is 4.56. The first-order valence-electron chi connectivity index (χ1n) is 9.14. The number of H-pyrrole nitrogens is 1. The van der Waals surface area contributed by atoms with Gasteiger partial charge in [-0.3, -0.25) is 14.2 Å². The van der Waals surface area contributed by atoms with Crippen molar-refractivity contribution in [3.63, 3.8) is 0 Å². The number of amides is 1. The number of nitrogens with one attached hydrogen (secondary N) is 2. The van der Waals surface area contributed by atoms with Crippen molar-refractivity contribution in [3.8, 4) is 5.69 Å². The molecule has 2 aromatic heterocycles. The van der Waals surface area contributed by atoms with Gasteiger partial charge in [0.1, 0.15) is 5.69 Å². The molecule has 0 saturated carbocycles. The van der Waals surface area contributed by atoms with Gasteiger partial charge in [-0.1, -0.05) is 48.0 Å². The van der Waals surface area contributed by atoms with E-state index in [0.717, 1.165) is 11.3 Å². The number of imidazole rings is 1. The summed E-state index contributed by atoms with van der Waals surface area (Å²) < 4.78 is 3.57. The molecule has 0 radical (unpaired) electrons. The second kappa shape index (κ2) is 8.52. The van der Waals surface area contributed by atoms with Gasteiger partial charge in [0, 0.05) is 29.2 Å². The normalized spacial score (nSPS) is 10.7. The molecule has 2 aromatic carbocycles. The molecule has 0 saturated heterocycles. The molecule has 2 heterocycles. The molecule has 1 amide bonds. The number of halogens is 1. The summed E-state index contributed by atoms with van der Waals surface area (Å²) in [6.07, 6.45) is 3.15. The Morgan fingerprint density at radius 2 is 1.77 bits per heavy atom.